The first-order chi connectivity index (χ1) is 7.44. The Hall–Kier alpha value is -0.560. The summed E-state index contributed by atoms with van der Waals surface area (Å²) in [4.78, 5) is 0. The maximum Gasteiger partial charge on any atom is 0.0610 e. The molecule has 0 amide bonds. The molecule has 2 aliphatic carbocycles. The van der Waals surface area contributed by atoms with Gasteiger partial charge in [-0.2, -0.15) is 0 Å². The van der Waals surface area contributed by atoms with Gasteiger partial charge < -0.3 is 5.11 Å². The Labute approximate surface area is 99.3 Å². The first-order valence-electron chi connectivity index (χ1n) is 6.45. The first kappa shape index (κ1) is 11.9. The topological polar surface area (TPSA) is 20.2 Å². The molecule has 2 aliphatic rings. The lowest BCUT2D eigenvalue weighted by Gasteiger charge is -2.50. The van der Waals surface area contributed by atoms with E-state index in [0.29, 0.717) is 11.3 Å². The van der Waals surface area contributed by atoms with Gasteiger partial charge in [-0.05, 0) is 50.4 Å². The van der Waals surface area contributed by atoms with E-state index in [2.05, 4.69) is 20.1 Å². The van der Waals surface area contributed by atoms with Crippen molar-refractivity contribution in [2.75, 3.05) is 0 Å². The van der Waals surface area contributed by atoms with Gasteiger partial charge in [0.1, 0.15) is 0 Å². The second-order valence-electron chi connectivity index (χ2n) is 6.18. The zero-order valence-electron chi connectivity index (χ0n) is 10.6. The van der Waals surface area contributed by atoms with Crippen LogP contribution in [0.3, 0.4) is 0 Å². The molecule has 2 fully saturated rings. The Balaban J connectivity index is 2.23. The second kappa shape index (κ2) is 4.03. The predicted octanol–water partition coefficient (Wildman–Crippen LogP) is 3.70. The van der Waals surface area contributed by atoms with Crippen LogP contribution >= 0.6 is 0 Å². The molecular weight excluding hydrogens is 196 g/mol. The van der Waals surface area contributed by atoms with Crippen molar-refractivity contribution in [2.45, 2.75) is 52.1 Å². The number of hydrogen-bond acceptors (Lipinski definition) is 1. The minimum Gasteiger partial charge on any atom is -0.392 e. The third-order valence-electron chi connectivity index (χ3n) is 4.84. The molecule has 0 unspecified atom stereocenters. The number of aliphatic hydroxyl groups excluding tert-OH is 1. The molecule has 0 aliphatic heterocycles. The van der Waals surface area contributed by atoms with Gasteiger partial charge in [-0.1, -0.05) is 31.2 Å². The lowest BCUT2D eigenvalue weighted by Crippen LogP contribution is -2.44. The van der Waals surface area contributed by atoms with Gasteiger partial charge >= 0.3 is 0 Å². The summed E-state index contributed by atoms with van der Waals surface area (Å²) >= 11 is 0. The monoisotopic (exact) mass is 220 g/mol. The van der Waals surface area contributed by atoms with Crippen LogP contribution < -0.4 is 0 Å². The second-order valence-corrected chi connectivity index (χ2v) is 6.18. The highest BCUT2D eigenvalue weighted by atomic mass is 16.3. The molecule has 0 bridgehead atoms. The van der Waals surface area contributed by atoms with Crippen molar-refractivity contribution in [3.8, 4) is 0 Å². The first-order valence-corrected chi connectivity index (χ1v) is 6.45. The van der Waals surface area contributed by atoms with Crippen LogP contribution in [0.25, 0.3) is 0 Å². The van der Waals surface area contributed by atoms with E-state index in [9.17, 15) is 5.11 Å². The van der Waals surface area contributed by atoms with Gasteiger partial charge in [0.25, 0.3) is 0 Å². The van der Waals surface area contributed by atoms with Crippen LogP contribution in [0.4, 0.5) is 0 Å². The summed E-state index contributed by atoms with van der Waals surface area (Å²) in [6.07, 6.45) is 5.47. The molecule has 4 atom stereocenters. The third-order valence-corrected chi connectivity index (χ3v) is 4.84. The Morgan fingerprint density at radius 1 is 1.50 bits per heavy atom. The van der Waals surface area contributed by atoms with Gasteiger partial charge in [-0.3, -0.25) is 0 Å². The molecule has 0 aromatic heterocycles. The zero-order valence-corrected chi connectivity index (χ0v) is 10.6. The molecular formula is C15H24O. The maximum absolute atomic E-state index is 10.2. The SMILES string of the molecule is C=C(C)[C@H]1C[C@H]2C(=C)CCC[C@]2(C)C[C@@H]1O. The Kier molecular flexibility index (Phi) is 3.00. The lowest BCUT2D eigenvalue weighted by atomic mass is 9.55. The molecule has 0 aromatic rings. The average Bonchev–Trinajstić information content (AvgIpc) is 2.15. The number of allylic oxidation sites excluding steroid dienone is 1. The summed E-state index contributed by atoms with van der Waals surface area (Å²) in [5, 5.41) is 10.2. The van der Waals surface area contributed by atoms with Gasteiger partial charge in [-0.25, -0.2) is 0 Å². The summed E-state index contributed by atoms with van der Waals surface area (Å²) in [5.74, 6) is 0.888. The quantitative estimate of drug-likeness (QED) is 0.668. The van der Waals surface area contributed by atoms with E-state index in [-0.39, 0.29) is 12.0 Å². The Bertz CT molecular complexity index is 317. The van der Waals surface area contributed by atoms with Crippen molar-refractivity contribution in [3.63, 3.8) is 0 Å². The van der Waals surface area contributed by atoms with Crippen LogP contribution in [0.2, 0.25) is 0 Å². The molecule has 1 N–H and O–H groups in total. The normalized spacial score (nSPS) is 43.9. The van der Waals surface area contributed by atoms with E-state index in [1.165, 1.54) is 24.8 Å². The highest BCUT2D eigenvalue weighted by molar-refractivity contribution is 5.17. The molecule has 90 valence electrons. The third kappa shape index (κ3) is 1.86. The van der Waals surface area contributed by atoms with Crippen molar-refractivity contribution < 1.29 is 5.11 Å². The van der Waals surface area contributed by atoms with Crippen molar-refractivity contribution in [3.05, 3.63) is 24.3 Å². The summed E-state index contributed by atoms with van der Waals surface area (Å²) in [5.41, 5.74) is 2.83. The highest BCUT2D eigenvalue weighted by Crippen LogP contribution is 2.54. The summed E-state index contributed by atoms with van der Waals surface area (Å²) < 4.78 is 0. The number of hydrogen-bond donors (Lipinski definition) is 1. The van der Waals surface area contributed by atoms with Crippen LogP contribution in [0.1, 0.15) is 46.0 Å². The van der Waals surface area contributed by atoms with E-state index < -0.39 is 0 Å². The van der Waals surface area contributed by atoms with Crippen LogP contribution in [0.5, 0.6) is 0 Å². The fourth-order valence-corrected chi connectivity index (χ4v) is 3.82. The largest absolute Gasteiger partial charge is 0.392 e. The van der Waals surface area contributed by atoms with Gasteiger partial charge in [0.2, 0.25) is 0 Å². The van der Waals surface area contributed by atoms with Crippen LogP contribution in [0.15, 0.2) is 24.3 Å². The van der Waals surface area contributed by atoms with Gasteiger partial charge in [0.15, 0.2) is 0 Å². The molecule has 1 nitrogen and oxygen atoms in total. The average molecular weight is 220 g/mol. The smallest absolute Gasteiger partial charge is 0.0610 e. The van der Waals surface area contributed by atoms with E-state index in [4.69, 9.17) is 0 Å². The van der Waals surface area contributed by atoms with Crippen molar-refractivity contribution >= 4 is 0 Å². The number of aliphatic hydroxyl groups is 1. The van der Waals surface area contributed by atoms with Crippen molar-refractivity contribution in [1.29, 1.82) is 0 Å². The van der Waals surface area contributed by atoms with E-state index >= 15 is 0 Å². The standard InChI is InChI=1S/C15H24O/c1-10(2)12-8-13-11(3)6-5-7-15(13,4)9-14(12)16/h12-14,16H,1,3,5-9H2,2,4H3/t12-,13+,14+,15-/m1/s1. The van der Waals surface area contributed by atoms with Crippen LogP contribution in [0, 0.1) is 17.3 Å². The predicted molar refractivity (Wildman–Crippen MR) is 68.1 cm³/mol. The Morgan fingerprint density at radius 3 is 2.81 bits per heavy atom. The van der Waals surface area contributed by atoms with E-state index in [1.807, 2.05) is 6.92 Å². The van der Waals surface area contributed by atoms with E-state index in [0.717, 1.165) is 18.4 Å². The fourth-order valence-electron chi connectivity index (χ4n) is 3.82. The molecule has 2 rings (SSSR count). The Morgan fingerprint density at radius 2 is 2.19 bits per heavy atom. The molecule has 0 aromatic carbocycles. The number of rotatable bonds is 1. The molecule has 0 radical (unpaired) electrons. The van der Waals surface area contributed by atoms with E-state index in [1.54, 1.807) is 0 Å². The van der Waals surface area contributed by atoms with Crippen LogP contribution in [-0.4, -0.2) is 11.2 Å². The molecule has 2 saturated carbocycles. The molecule has 0 heterocycles. The zero-order chi connectivity index (χ0) is 11.9. The van der Waals surface area contributed by atoms with Gasteiger partial charge in [-0.15, -0.1) is 0 Å². The molecule has 0 saturated heterocycles. The van der Waals surface area contributed by atoms with Crippen LogP contribution in [-0.2, 0) is 0 Å². The highest BCUT2D eigenvalue weighted by Gasteiger charge is 2.46. The maximum atomic E-state index is 10.2. The molecule has 1 heteroatoms. The minimum atomic E-state index is -0.190. The molecule has 16 heavy (non-hydrogen) atoms. The number of fused-ring (bicyclic) bond motifs is 1. The molecule has 0 spiro atoms. The fraction of sp³-hybridized carbons (Fsp3) is 0.733. The minimum absolute atomic E-state index is 0.190. The van der Waals surface area contributed by atoms with Gasteiger partial charge in [0, 0.05) is 5.92 Å². The summed E-state index contributed by atoms with van der Waals surface area (Å²) in [6.45, 7) is 12.7. The lowest BCUT2D eigenvalue weighted by molar-refractivity contribution is -0.0210. The van der Waals surface area contributed by atoms with Crippen molar-refractivity contribution in [1.82, 2.24) is 0 Å². The van der Waals surface area contributed by atoms with Crippen molar-refractivity contribution in [2.24, 2.45) is 17.3 Å². The summed E-state index contributed by atoms with van der Waals surface area (Å²) in [7, 11) is 0. The van der Waals surface area contributed by atoms with Gasteiger partial charge in [0.05, 0.1) is 6.10 Å². The summed E-state index contributed by atoms with van der Waals surface area (Å²) in [6, 6.07) is 0.